The summed E-state index contributed by atoms with van der Waals surface area (Å²) in [6.45, 7) is 5.23. The molecular weight excluding hydrogens is 282 g/mol. The van der Waals surface area contributed by atoms with Gasteiger partial charge >= 0.3 is 0 Å². The van der Waals surface area contributed by atoms with Gasteiger partial charge in [0.2, 0.25) is 0 Å². The monoisotopic (exact) mass is 303 g/mol. The van der Waals surface area contributed by atoms with Crippen LogP contribution in [0.4, 0.5) is 0 Å². The van der Waals surface area contributed by atoms with Gasteiger partial charge in [-0.2, -0.15) is 0 Å². The lowest BCUT2D eigenvalue weighted by atomic mass is 9.93. The Morgan fingerprint density at radius 3 is 2.67 bits per heavy atom. The second kappa shape index (κ2) is 5.19. The van der Waals surface area contributed by atoms with Crippen molar-refractivity contribution in [1.29, 1.82) is 0 Å². The zero-order chi connectivity index (χ0) is 13.7. The molecule has 0 amide bonds. The van der Waals surface area contributed by atoms with E-state index in [9.17, 15) is 0 Å². The number of nitrogens with zero attached hydrogens (tertiary/aromatic N) is 1. The molecule has 21 heavy (non-hydrogen) atoms. The fourth-order valence-corrected chi connectivity index (χ4v) is 3.97. The van der Waals surface area contributed by atoms with E-state index in [0.717, 1.165) is 18.3 Å². The number of hydrogen-bond acceptors (Lipinski definition) is 2. The molecular formula is C18H22ClNO. The van der Waals surface area contributed by atoms with Gasteiger partial charge in [0.25, 0.3) is 0 Å². The van der Waals surface area contributed by atoms with Gasteiger partial charge in [0, 0.05) is 18.5 Å². The summed E-state index contributed by atoms with van der Waals surface area (Å²) >= 11 is 0. The molecule has 3 heteroatoms. The molecule has 0 bridgehead atoms. The normalized spacial score (nSPS) is 27.2. The number of likely N-dealkylation sites (N-methyl/N-ethyl adjacent to an activating group) is 1. The molecule has 2 atom stereocenters. The number of rotatable bonds is 3. The number of fused-ring (bicyclic) bond motifs is 2. The highest BCUT2D eigenvalue weighted by atomic mass is 35.5. The summed E-state index contributed by atoms with van der Waals surface area (Å²) in [7, 11) is 2.24. The van der Waals surface area contributed by atoms with Gasteiger partial charge in [-0.25, -0.2) is 0 Å². The van der Waals surface area contributed by atoms with Gasteiger partial charge in [-0.15, -0.1) is 12.4 Å². The van der Waals surface area contributed by atoms with E-state index in [4.69, 9.17) is 4.74 Å². The Labute approximate surface area is 132 Å². The first kappa shape index (κ1) is 14.7. The third-order valence-electron chi connectivity index (χ3n) is 5.01. The van der Waals surface area contributed by atoms with Gasteiger partial charge < -0.3 is 9.64 Å². The first-order valence-electron chi connectivity index (χ1n) is 7.57. The maximum absolute atomic E-state index is 5.58. The van der Waals surface area contributed by atoms with Crippen LogP contribution >= 0.6 is 12.4 Å². The average molecular weight is 304 g/mol. The van der Waals surface area contributed by atoms with Gasteiger partial charge in [0.15, 0.2) is 0 Å². The zero-order valence-electron chi connectivity index (χ0n) is 12.6. The van der Waals surface area contributed by atoms with E-state index in [1.165, 1.54) is 35.8 Å². The molecule has 2 aromatic rings. The van der Waals surface area contributed by atoms with Crippen molar-refractivity contribution in [1.82, 2.24) is 4.90 Å². The predicted molar refractivity (Wildman–Crippen MR) is 89.6 cm³/mol. The summed E-state index contributed by atoms with van der Waals surface area (Å²) in [6, 6.07) is 13.4. The second-order valence-corrected chi connectivity index (χ2v) is 6.41. The van der Waals surface area contributed by atoms with Crippen molar-refractivity contribution in [3.63, 3.8) is 0 Å². The van der Waals surface area contributed by atoms with Crippen LogP contribution in [0.5, 0.6) is 5.75 Å². The van der Waals surface area contributed by atoms with Crippen LogP contribution in [0, 0.1) is 5.92 Å². The molecule has 0 aromatic heterocycles. The molecule has 0 N–H and O–H groups in total. The van der Waals surface area contributed by atoms with E-state index in [1.54, 1.807) is 0 Å². The highest BCUT2D eigenvalue weighted by molar-refractivity contribution is 5.85. The quantitative estimate of drug-likeness (QED) is 0.853. The molecule has 1 heterocycles. The molecule has 2 fully saturated rings. The summed E-state index contributed by atoms with van der Waals surface area (Å²) < 4.78 is 5.58. The molecule has 112 valence electrons. The highest BCUT2D eigenvalue weighted by Gasteiger charge is 2.59. The van der Waals surface area contributed by atoms with Crippen molar-refractivity contribution in [3.05, 3.63) is 42.0 Å². The third kappa shape index (κ3) is 2.31. The Hall–Kier alpha value is -1.25. The molecule has 2 aromatic carbocycles. The minimum atomic E-state index is 0. The second-order valence-electron chi connectivity index (χ2n) is 6.41. The molecule has 1 saturated carbocycles. The van der Waals surface area contributed by atoms with Crippen molar-refractivity contribution < 1.29 is 4.74 Å². The maximum atomic E-state index is 5.58. The first-order chi connectivity index (χ1) is 9.71. The maximum Gasteiger partial charge on any atom is 0.119 e. The zero-order valence-corrected chi connectivity index (χ0v) is 13.5. The minimum absolute atomic E-state index is 0. The first-order valence-corrected chi connectivity index (χ1v) is 7.57. The summed E-state index contributed by atoms with van der Waals surface area (Å²) in [6.07, 6.45) is 1.37. The molecule has 1 saturated heterocycles. The van der Waals surface area contributed by atoms with Crippen molar-refractivity contribution in [2.75, 3.05) is 26.7 Å². The Bertz CT molecular complexity index is 671. The van der Waals surface area contributed by atoms with Crippen LogP contribution in [0.15, 0.2) is 36.4 Å². The van der Waals surface area contributed by atoms with Crippen LogP contribution < -0.4 is 4.74 Å². The minimum Gasteiger partial charge on any atom is -0.494 e. The molecule has 0 spiro atoms. The Kier molecular flexibility index (Phi) is 3.62. The number of halogens is 1. The topological polar surface area (TPSA) is 12.5 Å². The van der Waals surface area contributed by atoms with Gasteiger partial charge in [-0.3, -0.25) is 0 Å². The molecule has 2 aliphatic rings. The summed E-state index contributed by atoms with van der Waals surface area (Å²) in [5, 5.41) is 2.61. The van der Waals surface area contributed by atoms with Crippen molar-refractivity contribution in [2.45, 2.75) is 18.8 Å². The fourth-order valence-electron chi connectivity index (χ4n) is 3.97. The van der Waals surface area contributed by atoms with Crippen LogP contribution in [-0.2, 0) is 5.41 Å². The molecule has 2 unspecified atom stereocenters. The molecule has 4 rings (SSSR count). The van der Waals surface area contributed by atoms with Crippen molar-refractivity contribution in [3.8, 4) is 5.75 Å². The van der Waals surface area contributed by atoms with Crippen LogP contribution in [0.2, 0.25) is 0 Å². The number of hydrogen-bond donors (Lipinski definition) is 0. The van der Waals surface area contributed by atoms with E-state index in [1.807, 2.05) is 6.92 Å². The van der Waals surface area contributed by atoms with Crippen LogP contribution in [0.1, 0.15) is 18.9 Å². The van der Waals surface area contributed by atoms with Crippen LogP contribution in [0.3, 0.4) is 0 Å². The summed E-state index contributed by atoms with van der Waals surface area (Å²) in [4.78, 5) is 2.47. The van der Waals surface area contributed by atoms with E-state index >= 15 is 0 Å². The number of piperidine rings is 1. The number of benzene rings is 2. The van der Waals surface area contributed by atoms with Gasteiger partial charge in [-0.1, -0.05) is 24.3 Å². The lowest BCUT2D eigenvalue weighted by Crippen LogP contribution is -2.22. The Morgan fingerprint density at radius 1 is 1.19 bits per heavy atom. The lowest BCUT2D eigenvalue weighted by molar-refractivity contribution is 0.341. The largest absolute Gasteiger partial charge is 0.494 e. The van der Waals surface area contributed by atoms with Gasteiger partial charge in [-0.05, 0) is 54.8 Å². The predicted octanol–water partition coefficient (Wildman–Crippen LogP) is 3.86. The number of ether oxygens (including phenoxy) is 1. The smallest absolute Gasteiger partial charge is 0.119 e. The SMILES string of the molecule is CCOc1ccc2cc(C34CC3CN(C)C4)ccc2c1.Cl. The number of likely N-dealkylation sites (tertiary alicyclic amines) is 1. The van der Waals surface area contributed by atoms with Crippen molar-refractivity contribution >= 4 is 23.2 Å². The molecule has 1 aliphatic heterocycles. The third-order valence-corrected chi connectivity index (χ3v) is 5.01. The molecule has 0 radical (unpaired) electrons. The Balaban J connectivity index is 0.00000132. The standard InChI is InChI=1S/C18H21NO.ClH/c1-3-20-17-7-5-13-8-15(6-4-14(13)9-17)18-10-16(18)11-19(2)12-18;/h4-9,16H,3,10-12H2,1-2H3;1H. The summed E-state index contributed by atoms with van der Waals surface area (Å²) in [5.74, 6) is 1.85. The Morgan fingerprint density at radius 2 is 1.95 bits per heavy atom. The van der Waals surface area contributed by atoms with E-state index in [0.29, 0.717) is 5.41 Å². The van der Waals surface area contributed by atoms with E-state index < -0.39 is 0 Å². The van der Waals surface area contributed by atoms with E-state index in [2.05, 4.69) is 48.3 Å². The molecule has 2 nitrogen and oxygen atoms in total. The van der Waals surface area contributed by atoms with Crippen LogP contribution in [-0.4, -0.2) is 31.6 Å². The van der Waals surface area contributed by atoms with Crippen LogP contribution in [0.25, 0.3) is 10.8 Å². The van der Waals surface area contributed by atoms with Gasteiger partial charge in [0.05, 0.1) is 6.61 Å². The average Bonchev–Trinajstić information content (AvgIpc) is 3.02. The lowest BCUT2D eigenvalue weighted by Gasteiger charge is -2.17. The molecule has 1 aliphatic carbocycles. The van der Waals surface area contributed by atoms with Crippen molar-refractivity contribution in [2.24, 2.45) is 5.92 Å². The highest BCUT2D eigenvalue weighted by Crippen LogP contribution is 2.58. The van der Waals surface area contributed by atoms with Gasteiger partial charge in [0.1, 0.15) is 5.75 Å². The van der Waals surface area contributed by atoms with E-state index in [-0.39, 0.29) is 12.4 Å². The summed E-state index contributed by atoms with van der Waals surface area (Å²) in [5.41, 5.74) is 1.99. The fraction of sp³-hybridized carbons (Fsp3) is 0.444.